The number of anilines is 2. The van der Waals surface area contributed by atoms with Gasteiger partial charge in [-0.1, -0.05) is 24.3 Å². The summed E-state index contributed by atoms with van der Waals surface area (Å²) in [6.45, 7) is 2.82. The van der Waals surface area contributed by atoms with Crippen LogP contribution in [-0.2, 0) is 11.2 Å². The lowest BCUT2D eigenvalue weighted by atomic mass is 10.1. The molecule has 0 saturated carbocycles. The molecule has 3 aromatic carbocycles. The van der Waals surface area contributed by atoms with Gasteiger partial charge in [-0.05, 0) is 60.5 Å². The minimum atomic E-state index is -0.578. The zero-order valence-electron chi connectivity index (χ0n) is 19.3. The third-order valence-corrected chi connectivity index (χ3v) is 6.46. The highest BCUT2D eigenvalue weighted by Crippen LogP contribution is 2.29. The first-order chi connectivity index (χ1) is 17.1. The average Bonchev–Trinajstić information content (AvgIpc) is 3.19. The van der Waals surface area contributed by atoms with Crippen LogP contribution in [-0.4, -0.2) is 49.0 Å². The van der Waals surface area contributed by atoms with E-state index in [1.165, 1.54) is 0 Å². The van der Waals surface area contributed by atoms with Gasteiger partial charge >= 0.3 is 0 Å². The molecule has 2 heterocycles. The molecule has 2 aliphatic heterocycles. The van der Waals surface area contributed by atoms with Crippen molar-refractivity contribution in [2.45, 2.75) is 18.9 Å². The van der Waals surface area contributed by atoms with Gasteiger partial charge in [0.2, 0.25) is 0 Å². The van der Waals surface area contributed by atoms with Gasteiger partial charge in [0.05, 0.1) is 11.6 Å². The number of carbonyl (C=O) groups excluding carboxylic acids is 2. The third kappa shape index (κ3) is 4.97. The molecule has 1 saturated heterocycles. The van der Waals surface area contributed by atoms with Crippen molar-refractivity contribution < 1.29 is 14.3 Å². The molecule has 3 aromatic rings. The van der Waals surface area contributed by atoms with E-state index in [0.29, 0.717) is 42.9 Å². The molecule has 2 aliphatic rings. The Balaban J connectivity index is 1.21. The molecule has 1 N–H and O–H groups in total. The highest BCUT2D eigenvalue weighted by molar-refractivity contribution is 5.98. The number of nitrogens with zero attached hydrogens (tertiary/aromatic N) is 3. The number of hydrogen-bond acceptors (Lipinski definition) is 5. The largest absolute Gasteiger partial charge is 0.480 e. The third-order valence-electron chi connectivity index (χ3n) is 6.46. The Bertz CT molecular complexity index is 1260. The summed E-state index contributed by atoms with van der Waals surface area (Å²) in [6.07, 6.45) is 0.803. The fourth-order valence-corrected chi connectivity index (χ4v) is 4.59. The molecule has 7 heteroatoms. The molecule has 5 rings (SSSR count). The van der Waals surface area contributed by atoms with Gasteiger partial charge in [-0.2, -0.15) is 5.26 Å². The quantitative estimate of drug-likeness (QED) is 0.631. The maximum absolute atomic E-state index is 13.3. The fraction of sp³-hybridized carbons (Fsp3) is 0.250. The van der Waals surface area contributed by atoms with Crippen LogP contribution in [0.15, 0.2) is 72.8 Å². The SMILES string of the molecule is N#Cc1ccc(N2CCCN(C(=O)c3cccc(NC(=O)C4Cc5ccccc5O4)c3)CC2)cc1. The first-order valence-electron chi connectivity index (χ1n) is 11.8. The summed E-state index contributed by atoms with van der Waals surface area (Å²) < 4.78 is 5.78. The number of benzene rings is 3. The van der Waals surface area contributed by atoms with Gasteiger partial charge < -0.3 is 19.9 Å². The van der Waals surface area contributed by atoms with Crippen molar-refractivity contribution in [1.82, 2.24) is 4.90 Å². The van der Waals surface area contributed by atoms with Crippen LogP contribution in [0, 0.1) is 11.3 Å². The van der Waals surface area contributed by atoms with Gasteiger partial charge in [-0.25, -0.2) is 0 Å². The van der Waals surface area contributed by atoms with Crippen molar-refractivity contribution >= 4 is 23.2 Å². The van der Waals surface area contributed by atoms with E-state index in [2.05, 4.69) is 16.3 Å². The van der Waals surface area contributed by atoms with Gasteiger partial charge in [0.15, 0.2) is 6.10 Å². The summed E-state index contributed by atoms with van der Waals surface area (Å²) in [7, 11) is 0. The monoisotopic (exact) mass is 466 g/mol. The number of amides is 2. The summed E-state index contributed by atoms with van der Waals surface area (Å²) in [5, 5.41) is 11.9. The standard InChI is InChI=1S/C28H26N4O3/c29-19-20-9-11-24(12-10-20)31-13-4-14-32(16-15-31)28(34)22-6-3-7-23(17-22)30-27(33)26-18-21-5-1-2-8-25(21)35-26/h1-3,5-12,17,26H,4,13-16,18H2,(H,30,33). The van der Waals surface area contributed by atoms with Crippen molar-refractivity contribution in [3.63, 3.8) is 0 Å². The second-order valence-corrected chi connectivity index (χ2v) is 8.78. The van der Waals surface area contributed by atoms with E-state index in [-0.39, 0.29) is 11.8 Å². The fourth-order valence-electron chi connectivity index (χ4n) is 4.59. The smallest absolute Gasteiger partial charge is 0.265 e. The maximum atomic E-state index is 13.3. The van der Waals surface area contributed by atoms with E-state index >= 15 is 0 Å². The second kappa shape index (κ2) is 9.90. The van der Waals surface area contributed by atoms with E-state index in [1.807, 2.05) is 53.4 Å². The highest BCUT2D eigenvalue weighted by atomic mass is 16.5. The molecular weight excluding hydrogens is 440 g/mol. The van der Waals surface area contributed by atoms with Crippen LogP contribution in [0.5, 0.6) is 5.75 Å². The highest BCUT2D eigenvalue weighted by Gasteiger charge is 2.29. The summed E-state index contributed by atoms with van der Waals surface area (Å²) in [5.41, 5.74) is 3.84. The van der Waals surface area contributed by atoms with E-state index in [4.69, 9.17) is 10.00 Å². The van der Waals surface area contributed by atoms with Crippen molar-refractivity contribution in [1.29, 1.82) is 5.26 Å². The lowest BCUT2D eigenvalue weighted by molar-refractivity contribution is -0.122. The Kier molecular flexibility index (Phi) is 6.36. The lowest BCUT2D eigenvalue weighted by Gasteiger charge is -2.24. The number of nitrogens with one attached hydrogen (secondary N) is 1. The molecule has 0 radical (unpaired) electrons. The summed E-state index contributed by atoms with van der Waals surface area (Å²) >= 11 is 0. The number of para-hydroxylation sites is 1. The van der Waals surface area contributed by atoms with Crippen LogP contribution < -0.4 is 15.0 Å². The Morgan fingerprint density at radius 1 is 0.943 bits per heavy atom. The zero-order valence-corrected chi connectivity index (χ0v) is 19.3. The zero-order chi connectivity index (χ0) is 24.2. The van der Waals surface area contributed by atoms with Gasteiger partial charge in [-0.15, -0.1) is 0 Å². The van der Waals surface area contributed by atoms with Crippen LogP contribution in [0.3, 0.4) is 0 Å². The topological polar surface area (TPSA) is 85.7 Å². The maximum Gasteiger partial charge on any atom is 0.265 e. The van der Waals surface area contributed by atoms with Gasteiger partial charge in [0, 0.05) is 49.5 Å². The Morgan fingerprint density at radius 3 is 2.57 bits per heavy atom. The van der Waals surface area contributed by atoms with Gasteiger partial charge in [0.1, 0.15) is 5.75 Å². The molecular formula is C28H26N4O3. The van der Waals surface area contributed by atoms with Crippen LogP contribution in [0.2, 0.25) is 0 Å². The van der Waals surface area contributed by atoms with Crippen molar-refractivity contribution in [3.8, 4) is 11.8 Å². The Labute approximate surface area is 204 Å². The minimum Gasteiger partial charge on any atom is -0.480 e. The molecule has 2 amide bonds. The number of nitriles is 1. The molecule has 35 heavy (non-hydrogen) atoms. The van der Waals surface area contributed by atoms with Crippen LogP contribution >= 0.6 is 0 Å². The molecule has 1 fully saturated rings. The van der Waals surface area contributed by atoms with Crippen molar-refractivity contribution in [2.75, 3.05) is 36.4 Å². The summed E-state index contributed by atoms with van der Waals surface area (Å²) in [4.78, 5) is 30.1. The van der Waals surface area contributed by atoms with Gasteiger partial charge in [-0.3, -0.25) is 9.59 Å². The first kappa shape index (κ1) is 22.5. The van der Waals surface area contributed by atoms with E-state index < -0.39 is 6.10 Å². The summed E-state index contributed by atoms with van der Waals surface area (Å²) in [5.74, 6) is 0.471. The Morgan fingerprint density at radius 2 is 1.77 bits per heavy atom. The second-order valence-electron chi connectivity index (χ2n) is 8.78. The molecule has 0 aromatic heterocycles. The molecule has 0 spiro atoms. The average molecular weight is 467 g/mol. The van der Waals surface area contributed by atoms with E-state index in [0.717, 1.165) is 30.0 Å². The lowest BCUT2D eigenvalue weighted by Crippen LogP contribution is -2.35. The number of rotatable bonds is 4. The molecule has 7 nitrogen and oxygen atoms in total. The van der Waals surface area contributed by atoms with Crippen molar-refractivity contribution in [2.24, 2.45) is 0 Å². The van der Waals surface area contributed by atoms with Crippen LogP contribution in [0.25, 0.3) is 0 Å². The number of ether oxygens (including phenoxy) is 1. The minimum absolute atomic E-state index is 0.0488. The molecule has 1 unspecified atom stereocenters. The van der Waals surface area contributed by atoms with E-state index in [9.17, 15) is 9.59 Å². The molecule has 176 valence electrons. The normalized spacial score (nSPS) is 17.1. The molecule has 0 bridgehead atoms. The van der Waals surface area contributed by atoms with Crippen molar-refractivity contribution in [3.05, 3.63) is 89.5 Å². The van der Waals surface area contributed by atoms with Gasteiger partial charge in [0.25, 0.3) is 11.8 Å². The van der Waals surface area contributed by atoms with Crippen LogP contribution in [0.1, 0.15) is 27.9 Å². The van der Waals surface area contributed by atoms with Crippen LogP contribution in [0.4, 0.5) is 11.4 Å². The first-order valence-corrected chi connectivity index (χ1v) is 11.8. The predicted molar refractivity (Wildman–Crippen MR) is 134 cm³/mol. The van der Waals surface area contributed by atoms with E-state index in [1.54, 1.807) is 24.3 Å². The number of hydrogen-bond donors (Lipinski definition) is 1. The molecule has 0 aliphatic carbocycles. The molecule has 1 atom stereocenters. The number of fused-ring (bicyclic) bond motifs is 1. The summed E-state index contributed by atoms with van der Waals surface area (Å²) in [6, 6.07) is 24.4. The number of carbonyl (C=O) groups is 2. The predicted octanol–water partition coefficient (Wildman–Crippen LogP) is 3.85. The Hall–Kier alpha value is -4.31.